The Morgan fingerprint density at radius 2 is 0.786 bits per heavy atom. The van der Waals surface area contributed by atoms with E-state index in [0.717, 1.165) is 0 Å². The molecule has 0 aromatic carbocycles. The van der Waals surface area contributed by atoms with Crippen molar-refractivity contribution in [3.8, 4) is 0 Å². The van der Waals surface area contributed by atoms with Crippen molar-refractivity contribution >= 4 is 35.1 Å². The van der Waals surface area contributed by atoms with E-state index < -0.39 is 73.5 Å². The van der Waals surface area contributed by atoms with Gasteiger partial charge in [-0.15, -0.1) is 0 Å². The highest BCUT2D eigenvalue weighted by atomic mass is 16.6. The van der Waals surface area contributed by atoms with Crippen LogP contribution in [0.3, 0.4) is 0 Å². The van der Waals surface area contributed by atoms with E-state index >= 15 is 0 Å². The first-order valence-corrected chi connectivity index (χ1v) is 8.51. The van der Waals surface area contributed by atoms with Crippen molar-refractivity contribution in [3.63, 3.8) is 0 Å². The number of carbonyl (C=O) groups excluding carboxylic acids is 6. The molecule has 0 aliphatic rings. The highest BCUT2D eigenvalue weighted by Crippen LogP contribution is 2.07. The van der Waals surface area contributed by atoms with E-state index in [1.807, 2.05) is 0 Å². The summed E-state index contributed by atoms with van der Waals surface area (Å²) in [4.78, 5) is 69.5. The maximum absolute atomic E-state index is 11.7. The first kappa shape index (κ1) is 25.5. The molecular weight excluding hydrogens is 376 g/mol. The molecule has 0 heterocycles. The number of hydrogen-bond acceptors (Lipinski definition) is 12. The first-order valence-electron chi connectivity index (χ1n) is 8.51. The molecule has 0 aromatic rings. The number of ether oxygens (including phenoxy) is 2. The van der Waals surface area contributed by atoms with Gasteiger partial charge in [0.2, 0.25) is 12.2 Å². The van der Waals surface area contributed by atoms with Crippen LogP contribution >= 0.6 is 0 Å². The number of esters is 2. The zero-order valence-corrected chi connectivity index (χ0v) is 15.4. The number of hydrogen-bond donors (Lipinski definition) is 4. The lowest BCUT2D eigenvalue weighted by Crippen LogP contribution is -2.42. The molecule has 0 rings (SSSR count). The molecule has 0 spiro atoms. The van der Waals surface area contributed by atoms with Crippen LogP contribution in [0.15, 0.2) is 0 Å². The van der Waals surface area contributed by atoms with Gasteiger partial charge in [-0.25, -0.2) is 0 Å². The van der Waals surface area contributed by atoms with Crippen molar-refractivity contribution in [1.29, 1.82) is 0 Å². The van der Waals surface area contributed by atoms with Crippen LogP contribution < -0.4 is 22.9 Å². The number of Topliss-reactive ketones (excluding diaryl/α,β-unsaturated/α-hetero) is 4. The van der Waals surface area contributed by atoms with Gasteiger partial charge in [-0.05, 0) is 12.8 Å². The highest BCUT2D eigenvalue weighted by Gasteiger charge is 2.29. The van der Waals surface area contributed by atoms with Gasteiger partial charge in [0, 0.05) is 12.8 Å². The second-order valence-corrected chi connectivity index (χ2v) is 5.63. The molecule has 0 aromatic heterocycles. The van der Waals surface area contributed by atoms with Crippen molar-refractivity contribution in [1.82, 2.24) is 0 Å². The number of nitrogens with two attached hydrogens (primary N) is 4. The van der Waals surface area contributed by atoms with Crippen molar-refractivity contribution in [2.75, 3.05) is 26.2 Å². The summed E-state index contributed by atoms with van der Waals surface area (Å²) in [6, 6.07) is 0. The van der Waals surface area contributed by atoms with Crippen LogP contribution in [0.5, 0.6) is 0 Å². The predicted molar refractivity (Wildman–Crippen MR) is 94.5 cm³/mol. The third-order valence-electron chi connectivity index (χ3n) is 3.48. The molecule has 0 saturated heterocycles. The third-order valence-corrected chi connectivity index (χ3v) is 3.48. The fraction of sp³-hybridized carbons (Fsp3) is 0.625. The van der Waals surface area contributed by atoms with E-state index in [0.29, 0.717) is 0 Å². The van der Waals surface area contributed by atoms with Crippen molar-refractivity contribution in [3.05, 3.63) is 0 Å². The molecule has 28 heavy (non-hydrogen) atoms. The average Bonchev–Trinajstić information content (AvgIpc) is 2.70. The lowest BCUT2D eigenvalue weighted by atomic mass is 10.1. The molecule has 0 aliphatic heterocycles. The van der Waals surface area contributed by atoms with Crippen LogP contribution in [0.4, 0.5) is 0 Å². The van der Waals surface area contributed by atoms with Gasteiger partial charge in [-0.2, -0.15) is 0 Å². The molecule has 0 radical (unpaired) electrons. The number of unbranched alkanes of at least 4 members (excludes halogenated alkanes) is 1. The summed E-state index contributed by atoms with van der Waals surface area (Å²) in [7, 11) is 0. The Morgan fingerprint density at radius 3 is 1.00 bits per heavy atom. The standard InChI is InChI=1S/C16H26N4O8/c17-5-9(21)15(10(22)6-18)27-13(25)3-1-2-4-14(26)28-16(11(23)7-19)12(24)8-20/h15-16H,1-8,17-20H2. The van der Waals surface area contributed by atoms with E-state index in [-0.39, 0.29) is 25.7 Å². The van der Waals surface area contributed by atoms with Crippen molar-refractivity contribution in [2.45, 2.75) is 37.9 Å². The third kappa shape index (κ3) is 8.90. The van der Waals surface area contributed by atoms with Gasteiger partial charge in [0.15, 0.2) is 23.1 Å². The maximum atomic E-state index is 11.7. The van der Waals surface area contributed by atoms with Gasteiger partial charge >= 0.3 is 11.9 Å². The Kier molecular flexibility index (Phi) is 12.4. The molecule has 0 bridgehead atoms. The van der Waals surface area contributed by atoms with E-state index in [1.165, 1.54) is 0 Å². The van der Waals surface area contributed by atoms with Gasteiger partial charge in [0.1, 0.15) is 0 Å². The van der Waals surface area contributed by atoms with Gasteiger partial charge in [-0.1, -0.05) is 0 Å². The van der Waals surface area contributed by atoms with Crippen LogP contribution in [0.25, 0.3) is 0 Å². The summed E-state index contributed by atoms with van der Waals surface area (Å²) in [6.07, 6.45) is -3.34. The van der Waals surface area contributed by atoms with Crippen LogP contribution in [0, 0.1) is 0 Å². The molecule has 0 aliphatic carbocycles. The molecule has 0 unspecified atom stereocenters. The molecule has 0 saturated carbocycles. The lowest BCUT2D eigenvalue weighted by Gasteiger charge is -2.15. The largest absolute Gasteiger partial charge is 0.446 e. The minimum absolute atomic E-state index is 0.161. The fourth-order valence-corrected chi connectivity index (χ4v) is 1.97. The Balaban J connectivity index is 4.42. The average molecular weight is 402 g/mol. The Labute approximate surface area is 161 Å². The van der Waals surface area contributed by atoms with Gasteiger partial charge in [0.25, 0.3) is 0 Å². The van der Waals surface area contributed by atoms with Crippen LogP contribution in [0.2, 0.25) is 0 Å². The minimum atomic E-state index is -1.64. The second-order valence-electron chi connectivity index (χ2n) is 5.63. The number of carbonyl (C=O) groups is 6. The van der Waals surface area contributed by atoms with Crippen LogP contribution in [-0.4, -0.2) is 73.5 Å². The number of rotatable bonds is 15. The molecule has 12 heteroatoms. The Hall–Kier alpha value is -2.54. The van der Waals surface area contributed by atoms with Crippen LogP contribution in [-0.2, 0) is 38.2 Å². The molecule has 0 atom stereocenters. The van der Waals surface area contributed by atoms with Crippen molar-refractivity contribution in [2.24, 2.45) is 22.9 Å². The van der Waals surface area contributed by atoms with Gasteiger partial charge in [-0.3, -0.25) is 28.8 Å². The molecule has 8 N–H and O–H groups in total. The Bertz CT molecular complexity index is 523. The summed E-state index contributed by atoms with van der Waals surface area (Å²) < 4.78 is 9.58. The topological polar surface area (TPSA) is 225 Å². The predicted octanol–water partition coefficient (Wildman–Crippen LogP) is -3.52. The highest BCUT2D eigenvalue weighted by molar-refractivity contribution is 6.08. The fourth-order valence-electron chi connectivity index (χ4n) is 1.97. The summed E-state index contributed by atoms with van der Waals surface area (Å²) in [5.41, 5.74) is 20.6. The molecule has 12 nitrogen and oxygen atoms in total. The maximum Gasteiger partial charge on any atom is 0.306 e. The molecular formula is C16H26N4O8. The van der Waals surface area contributed by atoms with E-state index in [9.17, 15) is 28.8 Å². The zero-order valence-electron chi connectivity index (χ0n) is 15.4. The Morgan fingerprint density at radius 1 is 0.536 bits per heavy atom. The second kappa shape index (κ2) is 13.6. The summed E-state index contributed by atoms with van der Waals surface area (Å²) in [6.45, 7) is -1.95. The normalized spacial score (nSPS) is 10.6. The quantitative estimate of drug-likeness (QED) is 0.119. The van der Waals surface area contributed by atoms with Gasteiger partial charge in [0.05, 0.1) is 26.2 Å². The SMILES string of the molecule is NCC(=O)C(OC(=O)CCCCC(=O)OC(C(=O)CN)C(=O)CN)C(=O)CN. The molecule has 158 valence electrons. The van der Waals surface area contributed by atoms with E-state index in [1.54, 1.807) is 0 Å². The van der Waals surface area contributed by atoms with Crippen LogP contribution in [0.1, 0.15) is 25.7 Å². The number of ketones is 4. The summed E-state index contributed by atoms with van der Waals surface area (Å²) in [5.74, 6) is -4.76. The minimum Gasteiger partial charge on any atom is -0.446 e. The zero-order chi connectivity index (χ0) is 21.7. The summed E-state index contributed by atoms with van der Waals surface area (Å²) >= 11 is 0. The smallest absolute Gasteiger partial charge is 0.306 e. The first-order chi connectivity index (χ1) is 13.2. The molecule has 0 amide bonds. The van der Waals surface area contributed by atoms with Crippen molar-refractivity contribution < 1.29 is 38.2 Å². The van der Waals surface area contributed by atoms with E-state index in [2.05, 4.69) is 0 Å². The van der Waals surface area contributed by atoms with Gasteiger partial charge < -0.3 is 32.4 Å². The van der Waals surface area contributed by atoms with E-state index in [4.69, 9.17) is 32.4 Å². The monoisotopic (exact) mass is 402 g/mol. The lowest BCUT2D eigenvalue weighted by molar-refractivity contribution is -0.160. The molecule has 0 fully saturated rings. The summed E-state index contributed by atoms with van der Waals surface area (Å²) in [5, 5.41) is 0.